The van der Waals surface area contributed by atoms with Crippen LogP contribution in [-0.2, 0) is 34.0 Å². The van der Waals surface area contributed by atoms with Gasteiger partial charge in [-0.15, -0.1) is 0 Å². The van der Waals surface area contributed by atoms with Crippen molar-refractivity contribution in [1.29, 1.82) is 0 Å². The molecule has 1 amide bonds. The molecule has 0 saturated carbocycles. The lowest BCUT2D eigenvalue weighted by molar-refractivity contribution is 0.103. The second kappa shape index (κ2) is 12.4. The third-order valence-corrected chi connectivity index (χ3v) is 8.05. The average Bonchev–Trinajstić information content (AvgIpc) is 2.87. The van der Waals surface area contributed by atoms with Crippen LogP contribution in [0.5, 0.6) is 5.75 Å². The Kier molecular flexibility index (Phi) is 9.66. The van der Waals surface area contributed by atoms with Gasteiger partial charge in [0.25, 0.3) is 5.56 Å². The number of rotatable bonds is 9. The van der Waals surface area contributed by atoms with Crippen molar-refractivity contribution in [2.75, 3.05) is 12.9 Å². The van der Waals surface area contributed by atoms with E-state index in [1.54, 1.807) is 20.8 Å². The molecule has 0 aliphatic heterocycles. The Morgan fingerprint density at radius 1 is 1.07 bits per heavy atom. The van der Waals surface area contributed by atoms with Gasteiger partial charge in [0, 0.05) is 52.9 Å². The van der Waals surface area contributed by atoms with Gasteiger partial charge in [-0.25, -0.2) is 17.6 Å². The highest BCUT2D eigenvalue weighted by atomic mass is 35.5. The molecule has 41 heavy (non-hydrogen) atoms. The molecule has 0 saturated heterocycles. The summed E-state index contributed by atoms with van der Waals surface area (Å²) in [5, 5.41) is 2.51. The maximum Gasteiger partial charge on any atom is 0.407 e. The van der Waals surface area contributed by atoms with E-state index in [1.165, 1.54) is 62.2 Å². The molecule has 0 bridgehead atoms. The van der Waals surface area contributed by atoms with Crippen LogP contribution < -0.4 is 15.6 Å². The minimum Gasteiger partial charge on any atom is -0.494 e. The van der Waals surface area contributed by atoms with Gasteiger partial charge in [0.2, 0.25) is 0 Å². The molecule has 1 N–H and O–H groups in total. The van der Waals surface area contributed by atoms with Crippen LogP contribution in [0.15, 0.2) is 47.4 Å². The molecular formula is C29H32ClFN2O7S. The van der Waals surface area contributed by atoms with Crippen LogP contribution in [0.4, 0.5) is 9.18 Å². The number of hydrogen-bond acceptors (Lipinski definition) is 7. The summed E-state index contributed by atoms with van der Waals surface area (Å²) in [6.07, 6.45) is 0.758. The first-order valence-electron chi connectivity index (χ1n) is 12.6. The number of aromatic nitrogens is 1. The average molecular weight is 607 g/mol. The Labute approximate surface area is 243 Å². The fourth-order valence-electron chi connectivity index (χ4n) is 3.98. The van der Waals surface area contributed by atoms with Crippen molar-refractivity contribution >= 4 is 33.3 Å². The first-order chi connectivity index (χ1) is 19.0. The van der Waals surface area contributed by atoms with Crippen LogP contribution in [0.3, 0.4) is 0 Å². The first kappa shape index (κ1) is 31.8. The summed E-state index contributed by atoms with van der Waals surface area (Å²) < 4.78 is 50.7. The van der Waals surface area contributed by atoms with Crippen LogP contribution in [0.1, 0.15) is 54.7 Å². The second-order valence-electron chi connectivity index (χ2n) is 10.5. The summed E-state index contributed by atoms with van der Waals surface area (Å²) >= 11 is 6.25. The Balaban J connectivity index is 2.23. The minimum absolute atomic E-state index is 0.0488. The molecule has 9 nitrogen and oxygen atoms in total. The Hall–Kier alpha value is -3.70. The second-order valence-corrected chi connectivity index (χ2v) is 13.2. The number of aryl methyl sites for hydroxylation is 1. The lowest BCUT2D eigenvalue weighted by Crippen LogP contribution is -2.40. The zero-order chi connectivity index (χ0) is 30.7. The van der Waals surface area contributed by atoms with Crippen molar-refractivity contribution in [2.24, 2.45) is 7.05 Å². The van der Waals surface area contributed by atoms with Crippen molar-refractivity contribution in [2.45, 2.75) is 45.6 Å². The van der Waals surface area contributed by atoms with Crippen molar-refractivity contribution in [3.8, 4) is 16.9 Å². The van der Waals surface area contributed by atoms with E-state index in [0.29, 0.717) is 11.1 Å². The molecule has 0 atom stereocenters. The third kappa shape index (κ3) is 7.95. The highest BCUT2D eigenvalue weighted by Crippen LogP contribution is 2.34. The van der Waals surface area contributed by atoms with Crippen LogP contribution in [0, 0.1) is 5.82 Å². The van der Waals surface area contributed by atoms with Crippen LogP contribution in [-0.4, -0.2) is 43.3 Å². The summed E-state index contributed by atoms with van der Waals surface area (Å²) in [7, 11) is -0.675. The molecule has 220 valence electrons. The van der Waals surface area contributed by atoms with E-state index in [0.717, 1.165) is 6.07 Å². The standard InChI is InChI=1S/C29H32ClFN2O7S/c1-7-41(37,38)16-17-8-9-19(27(35)21-12-25(39-6)24(31)13-23(21)30)20(10-17)22-14-33(5)26(34)11-18(22)15-40-28(36)32-29(2,3)4/h8-14H,7,15-16H2,1-6H3,(H,32,36). The largest absolute Gasteiger partial charge is 0.494 e. The summed E-state index contributed by atoms with van der Waals surface area (Å²) in [6.45, 7) is 6.55. The van der Waals surface area contributed by atoms with E-state index >= 15 is 0 Å². The normalized spacial score (nSPS) is 11.7. The number of methoxy groups -OCH3 is 1. The molecule has 1 aromatic heterocycles. The van der Waals surface area contributed by atoms with Gasteiger partial charge < -0.3 is 19.4 Å². The monoisotopic (exact) mass is 606 g/mol. The first-order valence-corrected chi connectivity index (χ1v) is 14.8. The molecule has 0 aliphatic carbocycles. The van der Waals surface area contributed by atoms with E-state index in [9.17, 15) is 27.2 Å². The molecule has 0 radical (unpaired) electrons. The van der Waals surface area contributed by atoms with Crippen molar-refractivity contribution in [3.63, 3.8) is 0 Å². The number of carbonyl (C=O) groups excluding carboxylic acids is 2. The lowest BCUT2D eigenvalue weighted by Gasteiger charge is -2.21. The molecule has 3 aromatic rings. The van der Waals surface area contributed by atoms with Crippen molar-refractivity contribution < 1.29 is 31.9 Å². The molecular weight excluding hydrogens is 575 g/mol. The zero-order valence-electron chi connectivity index (χ0n) is 23.6. The van der Waals surface area contributed by atoms with E-state index in [2.05, 4.69) is 5.32 Å². The molecule has 0 unspecified atom stereocenters. The van der Waals surface area contributed by atoms with Crippen LogP contribution >= 0.6 is 11.6 Å². The smallest absolute Gasteiger partial charge is 0.407 e. The lowest BCUT2D eigenvalue weighted by atomic mass is 9.91. The number of sulfone groups is 1. The molecule has 0 spiro atoms. The number of nitrogens with one attached hydrogen (secondary N) is 1. The zero-order valence-corrected chi connectivity index (χ0v) is 25.2. The van der Waals surface area contributed by atoms with Gasteiger partial charge in [0.1, 0.15) is 6.61 Å². The quantitative estimate of drug-likeness (QED) is 0.339. The third-order valence-electron chi connectivity index (χ3n) is 6.08. The predicted molar refractivity (Wildman–Crippen MR) is 155 cm³/mol. The number of benzene rings is 2. The number of carbonyl (C=O) groups is 2. The Morgan fingerprint density at radius 3 is 2.37 bits per heavy atom. The molecule has 2 aromatic carbocycles. The number of amides is 1. The molecule has 0 fully saturated rings. The Morgan fingerprint density at radius 2 is 1.76 bits per heavy atom. The number of nitrogens with zero attached hydrogens (tertiary/aromatic N) is 1. The SMILES string of the molecule is CCS(=O)(=O)Cc1ccc(C(=O)c2cc(OC)c(F)cc2Cl)c(-c2cn(C)c(=O)cc2COC(=O)NC(C)(C)C)c1. The number of pyridine rings is 1. The number of hydrogen-bond donors (Lipinski definition) is 1. The molecule has 0 aliphatic rings. The summed E-state index contributed by atoms with van der Waals surface area (Å²) in [5.74, 6) is -1.91. The van der Waals surface area contributed by atoms with Crippen LogP contribution in [0.25, 0.3) is 11.1 Å². The van der Waals surface area contributed by atoms with Gasteiger partial charge in [-0.3, -0.25) is 9.59 Å². The molecule has 3 rings (SSSR count). The maximum absolute atomic E-state index is 14.2. The molecule has 1 heterocycles. The highest BCUT2D eigenvalue weighted by Gasteiger charge is 2.24. The van der Waals surface area contributed by atoms with E-state index in [1.807, 2.05) is 0 Å². The fourth-order valence-corrected chi connectivity index (χ4v) is 5.11. The van der Waals surface area contributed by atoms with Gasteiger partial charge in [0.05, 0.1) is 17.9 Å². The van der Waals surface area contributed by atoms with Gasteiger partial charge in [-0.05, 0) is 50.1 Å². The van der Waals surface area contributed by atoms with E-state index < -0.39 is 38.6 Å². The number of halogens is 2. The van der Waals surface area contributed by atoms with E-state index in [-0.39, 0.29) is 51.1 Å². The number of ketones is 1. The van der Waals surface area contributed by atoms with E-state index in [4.69, 9.17) is 21.1 Å². The van der Waals surface area contributed by atoms with Crippen LogP contribution in [0.2, 0.25) is 5.02 Å². The number of ether oxygens (including phenoxy) is 2. The van der Waals surface area contributed by atoms with Gasteiger partial charge >= 0.3 is 6.09 Å². The van der Waals surface area contributed by atoms with Crippen molar-refractivity contribution in [1.82, 2.24) is 9.88 Å². The van der Waals surface area contributed by atoms with Gasteiger partial charge in [0.15, 0.2) is 27.2 Å². The fraction of sp³-hybridized carbons (Fsp3) is 0.345. The minimum atomic E-state index is -3.44. The highest BCUT2D eigenvalue weighted by molar-refractivity contribution is 7.90. The van der Waals surface area contributed by atoms with Gasteiger partial charge in [-0.2, -0.15) is 0 Å². The summed E-state index contributed by atoms with van der Waals surface area (Å²) in [5.41, 5.74) is 0.374. The van der Waals surface area contributed by atoms with Crippen molar-refractivity contribution in [3.05, 3.63) is 86.0 Å². The number of alkyl carbamates (subject to hydrolysis) is 1. The predicted octanol–water partition coefficient (Wildman–Crippen LogP) is 5.04. The topological polar surface area (TPSA) is 121 Å². The summed E-state index contributed by atoms with van der Waals surface area (Å²) in [4.78, 5) is 38.8. The van der Waals surface area contributed by atoms with Gasteiger partial charge in [-0.1, -0.05) is 30.7 Å². The molecule has 12 heteroatoms. The summed E-state index contributed by atoms with van der Waals surface area (Å²) in [6, 6.07) is 7.92. The Bertz CT molecular complexity index is 1660. The maximum atomic E-state index is 14.2.